The van der Waals surface area contributed by atoms with Crippen molar-refractivity contribution in [1.82, 2.24) is 4.90 Å². The normalized spacial score (nSPS) is 21.5. The summed E-state index contributed by atoms with van der Waals surface area (Å²) in [4.78, 5) is 32.3. The summed E-state index contributed by atoms with van der Waals surface area (Å²) in [5, 5.41) is 2.90. The first kappa shape index (κ1) is 23.1. The lowest BCUT2D eigenvalue weighted by Gasteiger charge is -2.20. The highest BCUT2D eigenvalue weighted by atomic mass is 32.2. The van der Waals surface area contributed by atoms with Crippen molar-refractivity contribution in [3.8, 4) is 11.5 Å². The van der Waals surface area contributed by atoms with E-state index in [1.807, 2.05) is 30.3 Å². The molecule has 2 amide bonds. The molecule has 0 radical (unpaired) electrons. The number of anilines is 1. The average Bonchev–Trinajstić information content (AvgIpc) is 3.44. The molecule has 2 aromatic rings. The van der Waals surface area contributed by atoms with Gasteiger partial charge in [0.2, 0.25) is 11.8 Å². The number of hydrogen-bond acceptors (Lipinski definition) is 7. The largest absolute Gasteiger partial charge is 0.493 e. The van der Waals surface area contributed by atoms with E-state index >= 15 is 0 Å². The standard InChI is InChI=1S/C24H27N3O5S/c1-30-19-11-10-17(13-20(19)31-2)25-22(28)14-21-23(29)27(15-18-9-6-12-32-18)24(33-21)26-16-7-4-3-5-8-16/h3-5,7-8,10-11,13,18,21H,6,9,12,14-15H2,1-2H3,(H,25,28). The van der Waals surface area contributed by atoms with Gasteiger partial charge in [-0.1, -0.05) is 30.0 Å². The summed E-state index contributed by atoms with van der Waals surface area (Å²) < 4.78 is 16.3. The van der Waals surface area contributed by atoms with Crippen LogP contribution in [-0.2, 0) is 14.3 Å². The number of para-hydroxylation sites is 1. The predicted octanol–water partition coefficient (Wildman–Crippen LogP) is 3.84. The van der Waals surface area contributed by atoms with Gasteiger partial charge in [0.15, 0.2) is 16.7 Å². The van der Waals surface area contributed by atoms with Gasteiger partial charge in [0.25, 0.3) is 0 Å². The third-order valence-corrected chi connectivity index (χ3v) is 6.62. The van der Waals surface area contributed by atoms with Crippen molar-refractivity contribution in [2.75, 3.05) is 32.7 Å². The summed E-state index contributed by atoms with van der Waals surface area (Å²) >= 11 is 1.32. The van der Waals surface area contributed by atoms with Gasteiger partial charge in [-0.3, -0.25) is 14.5 Å². The Morgan fingerprint density at radius 2 is 1.97 bits per heavy atom. The maximum Gasteiger partial charge on any atom is 0.242 e. The van der Waals surface area contributed by atoms with Crippen LogP contribution in [0.15, 0.2) is 53.5 Å². The number of ether oxygens (including phenoxy) is 3. The summed E-state index contributed by atoms with van der Waals surface area (Å²) in [5.74, 6) is 0.712. The quantitative estimate of drug-likeness (QED) is 0.632. The Labute approximate surface area is 197 Å². The molecule has 2 heterocycles. The minimum absolute atomic E-state index is 0.00476. The average molecular weight is 470 g/mol. The first-order chi connectivity index (χ1) is 16.1. The van der Waals surface area contributed by atoms with E-state index in [0.29, 0.717) is 35.5 Å². The second-order valence-electron chi connectivity index (χ2n) is 7.74. The number of carbonyl (C=O) groups excluding carboxylic acids is 2. The number of rotatable bonds is 8. The summed E-state index contributed by atoms with van der Waals surface area (Å²) in [6.45, 7) is 1.16. The van der Waals surface area contributed by atoms with Crippen molar-refractivity contribution in [2.45, 2.75) is 30.6 Å². The molecule has 0 aromatic heterocycles. The third kappa shape index (κ3) is 5.66. The van der Waals surface area contributed by atoms with Crippen LogP contribution in [-0.4, -0.2) is 60.6 Å². The number of carbonyl (C=O) groups is 2. The van der Waals surface area contributed by atoms with Crippen LogP contribution in [0.5, 0.6) is 11.5 Å². The molecule has 8 nitrogen and oxygen atoms in total. The molecule has 0 saturated carbocycles. The molecule has 4 rings (SSSR count). The highest BCUT2D eigenvalue weighted by Crippen LogP contribution is 2.34. The first-order valence-electron chi connectivity index (χ1n) is 10.8. The number of thioether (sulfide) groups is 1. The van der Waals surface area contributed by atoms with Crippen molar-refractivity contribution in [2.24, 2.45) is 4.99 Å². The van der Waals surface area contributed by atoms with Crippen molar-refractivity contribution < 1.29 is 23.8 Å². The fraction of sp³-hybridized carbons (Fsp3) is 0.375. The van der Waals surface area contributed by atoms with Gasteiger partial charge in [-0.05, 0) is 37.1 Å². The van der Waals surface area contributed by atoms with Gasteiger partial charge in [0, 0.05) is 24.8 Å². The monoisotopic (exact) mass is 469 g/mol. The fourth-order valence-corrected chi connectivity index (χ4v) is 4.96. The lowest BCUT2D eigenvalue weighted by Crippen LogP contribution is -2.38. The highest BCUT2D eigenvalue weighted by molar-refractivity contribution is 8.15. The molecule has 2 aliphatic heterocycles. The fourth-order valence-electron chi connectivity index (χ4n) is 3.79. The molecule has 33 heavy (non-hydrogen) atoms. The van der Waals surface area contributed by atoms with Crippen LogP contribution < -0.4 is 14.8 Å². The van der Waals surface area contributed by atoms with Gasteiger partial charge < -0.3 is 19.5 Å². The molecule has 2 saturated heterocycles. The molecule has 174 valence electrons. The second-order valence-corrected chi connectivity index (χ2v) is 8.91. The van der Waals surface area contributed by atoms with E-state index in [1.165, 1.54) is 18.9 Å². The molecule has 2 aliphatic rings. The number of methoxy groups -OCH3 is 2. The van der Waals surface area contributed by atoms with Gasteiger partial charge in [-0.15, -0.1) is 0 Å². The molecule has 0 bridgehead atoms. The van der Waals surface area contributed by atoms with Gasteiger partial charge in [-0.2, -0.15) is 0 Å². The Morgan fingerprint density at radius 3 is 2.67 bits per heavy atom. The lowest BCUT2D eigenvalue weighted by atomic mass is 10.2. The van der Waals surface area contributed by atoms with Crippen molar-refractivity contribution in [3.05, 3.63) is 48.5 Å². The highest BCUT2D eigenvalue weighted by Gasteiger charge is 2.40. The Hall–Kier alpha value is -3.04. The SMILES string of the molecule is COc1ccc(NC(=O)CC2SC(=Nc3ccccc3)N(CC3CCCO3)C2=O)cc1OC. The van der Waals surface area contributed by atoms with Gasteiger partial charge >= 0.3 is 0 Å². The van der Waals surface area contributed by atoms with Crippen LogP contribution in [0.4, 0.5) is 11.4 Å². The summed E-state index contributed by atoms with van der Waals surface area (Å²) in [5.41, 5.74) is 1.34. The van der Waals surface area contributed by atoms with Crippen molar-refractivity contribution in [1.29, 1.82) is 0 Å². The molecular formula is C24H27N3O5S. The molecule has 9 heteroatoms. The van der Waals surface area contributed by atoms with Crippen LogP contribution in [0.25, 0.3) is 0 Å². The van der Waals surface area contributed by atoms with E-state index in [4.69, 9.17) is 14.2 Å². The minimum atomic E-state index is -0.547. The number of amidine groups is 1. The zero-order chi connectivity index (χ0) is 23.2. The van der Waals surface area contributed by atoms with Crippen molar-refractivity contribution in [3.63, 3.8) is 0 Å². The molecule has 2 atom stereocenters. The van der Waals surface area contributed by atoms with E-state index in [1.54, 1.807) is 30.2 Å². The van der Waals surface area contributed by atoms with E-state index in [9.17, 15) is 9.59 Å². The Bertz CT molecular complexity index is 1020. The number of nitrogens with one attached hydrogen (secondary N) is 1. The molecule has 0 spiro atoms. The summed E-state index contributed by atoms with van der Waals surface area (Å²) in [6, 6.07) is 14.6. The van der Waals surface area contributed by atoms with Gasteiger partial charge in [-0.25, -0.2) is 4.99 Å². The van der Waals surface area contributed by atoms with Crippen LogP contribution in [0.1, 0.15) is 19.3 Å². The second kappa shape index (κ2) is 10.7. The van der Waals surface area contributed by atoms with Crippen LogP contribution in [0.2, 0.25) is 0 Å². The van der Waals surface area contributed by atoms with Gasteiger partial charge in [0.05, 0.1) is 32.6 Å². The number of aliphatic imine (C=N–C) groups is 1. The van der Waals surface area contributed by atoms with E-state index in [-0.39, 0.29) is 24.3 Å². The Balaban J connectivity index is 1.47. The Kier molecular flexibility index (Phi) is 7.51. The summed E-state index contributed by atoms with van der Waals surface area (Å²) in [7, 11) is 3.09. The topological polar surface area (TPSA) is 89.5 Å². The van der Waals surface area contributed by atoms with E-state index in [0.717, 1.165) is 18.5 Å². The number of hydrogen-bond donors (Lipinski definition) is 1. The van der Waals surface area contributed by atoms with Crippen LogP contribution >= 0.6 is 11.8 Å². The van der Waals surface area contributed by atoms with E-state index < -0.39 is 5.25 Å². The van der Waals surface area contributed by atoms with Gasteiger partial charge in [0.1, 0.15) is 5.25 Å². The summed E-state index contributed by atoms with van der Waals surface area (Å²) in [6.07, 6.45) is 1.93. The molecule has 0 aliphatic carbocycles. The zero-order valence-corrected chi connectivity index (χ0v) is 19.5. The molecular weight excluding hydrogens is 442 g/mol. The van der Waals surface area contributed by atoms with Crippen LogP contribution in [0, 0.1) is 0 Å². The van der Waals surface area contributed by atoms with E-state index in [2.05, 4.69) is 10.3 Å². The zero-order valence-electron chi connectivity index (χ0n) is 18.7. The Morgan fingerprint density at radius 1 is 1.18 bits per heavy atom. The lowest BCUT2D eigenvalue weighted by molar-refractivity contribution is -0.129. The van der Waals surface area contributed by atoms with Crippen LogP contribution in [0.3, 0.4) is 0 Å². The molecule has 2 unspecified atom stereocenters. The maximum absolute atomic E-state index is 13.2. The minimum Gasteiger partial charge on any atom is -0.493 e. The van der Waals surface area contributed by atoms with Crippen molar-refractivity contribution >= 4 is 40.1 Å². The number of nitrogens with zero attached hydrogens (tertiary/aromatic N) is 2. The smallest absolute Gasteiger partial charge is 0.242 e. The molecule has 2 aromatic carbocycles. The molecule has 1 N–H and O–H groups in total. The predicted molar refractivity (Wildman–Crippen MR) is 128 cm³/mol. The first-order valence-corrected chi connectivity index (χ1v) is 11.7. The third-order valence-electron chi connectivity index (χ3n) is 5.45. The number of benzene rings is 2. The number of amides is 2. The molecule has 2 fully saturated rings. The maximum atomic E-state index is 13.2.